The van der Waals surface area contributed by atoms with Crippen molar-refractivity contribution in [1.82, 2.24) is 9.71 Å². The predicted octanol–water partition coefficient (Wildman–Crippen LogP) is 5.43. The third-order valence-corrected chi connectivity index (χ3v) is 8.99. The van der Waals surface area contributed by atoms with Gasteiger partial charge in [-0.25, -0.2) is 18.1 Å². The van der Waals surface area contributed by atoms with Crippen molar-refractivity contribution in [3.05, 3.63) is 76.9 Å². The van der Waals surface area contributed by atoms with Crippen LogP contribution >= 0.6 is 11.3 Å². The second-order valence-electron chi connectivity index (χ2n) is 9.57. The SMILES string of the molecule is CS(=O)(=O)NCc1ccc(-c2nc(C3=CCC4(C=C3)CCCC4N)c(C3=CC=CCC3)s2)cc1. The fraction of sp³-hybridized carbons (Fsp3) is 0.370. The van der Waals surface area contributed by atoms with Crippen molar-refractivity contribution in [1.29, 1.82) is 0 Å². The van der Waals surface area contributed by atoms with Gasteiger partial charge in [-0.3, -0.25) is 0 Å². The minimum absolute atomic E-state index is 0.116. The summed E-state index contributed by atoms with van der Waals surface area (Å²) in [6.07, 6.45) is 21.2. The van der Waals surface area contributed by atoms with E-state index in [1.807, 2.05) is 24.3 Å². The Morgan fingerprint density at radius 1 is 1.26 bits per heavy atom. The van der Waals surface area contributed by atoms with Crippen molar-refractivity contribution in [3.63, 3.8) is 0 Å². The topological polar surface area (TPSA) is 85.1 Å². The molecule has 0 amide bonds. The van der Waals surface area contributed by atoms with Crippen LogP contribution < -0.4 is 10.5 Å². The van der Waals surface area contributed by atoms with Crippen LogP contribution in [-0.2, 0) is 16.6 Å². The lowest BCUT2D eigenvalue weighted by atomic mass is 9.75. The van der Waals surface area contributed by atoms with Gasteiger partial charge in [0.15, 0.2) is 0 Å². The van der Waals surface area contributed by atoms with Crippen LogP contribution in [0.15, 0.2) is 60.7 Å². The lowest BCUT2D eigenvalue weighted by Crippen LogP contribution is -2.35. The summed E-state index contributed by atoms with van der Waals surface area (Å²) in [6.45, 7) is 0.286. The van der Waals surface area contributed by atoms with Crippen molar-refractivity contribution < 1.29 is 8.42 Å². The first-order chi connectivity index (χ1) is 16.3. The zero-order valence-electron chi connectivity index (χ0n) is 19.5. The van der Waals surface area contributed by atoms with E-state index in [2.05, 4.69) is 41.2 Å². The highest BCUT2D eigenvalue weighted by Gasteiger charge is 2.39. The molecule has 1 spiro atoms. The Morgan fingerprint density at radius 3 is 2.71 bits per heavy atom. The van der Waals surface area contributed by atoms with Gasteiger partial charge in [0.05, 0.1) is 16.8 Å². The van der Waals surface area contributed by atoms with Gasteiger partial charge in [-0.2, -0.15) is 0 Å². The van der Waals surface area contributed by atoms with E-state index in [1.165, 1.54) is 35.1 Å². The molecule has 5 rings (SSSR count). The lowest BCUT2D eigenvalue weighted by molar-refractivity contribution is 0.349. The monoisotopic (exact) mass is 493 g/mol. The summed E-state index contributed by atoms with van der Waals surface area (Å²) in [4.78, 5) is 6.36. The van der Waals surface area contributed by atoms with Gasteiger partial charge in [-0.05, 0) is 48.8 Å². The third kappa shape index (κ3) is 4.89. The minimum atomic E-state index is -3.22. The number of nitrogens with two attached hydrogens (primary N) is 1. The Morgan fingerprint density at radius 2 is 2.09 bits per heavy atom. The third-order valence-electron chi connectivity index (χ3n) is 7.14. The molecule has 0 bridgehead atoms. The maximum atomic E-state index is 11.4. The van der Waals surface area contributed by atoms with Crippen LogP contribution in [0.25, 0.3) is 21.7 Å². The first-order valence-corrected chi connectivity index (χ1v) is 14.6. The maximum absolute atomic E-state index is 11.4. The maximum Gasteiger partial charge on any atom is 0.209 e. The van der Waals surface area contributed by atoms with Crippen molar-refractivity contribution >= 4 is 32.5 Å². The fourth-order valence-electron chi connectivity index (χ4n) is 5.08. The van der Waals surface area contributed by atoms with Gasteiger partial charge in [0.1, 0.15) is 5.01 Å². The van der Waals surface area contributed by atoms with Crippen LogP contribution in [0.4, 0.5) is 0 Å². The van der Waals surface area contributed by atoms with Gasteiger partial charge in [-0.15, -0.1) is 11.3 Å². The Kier molecular flexibility index (Phi) is 6.46. The Hall–Kier alpha value is -2.32. The summed E-state index contributed by atoms with van der Waals surface area (Å²) in [5.41, 5.74) is 12.1. The molecule has 1 aromatic heterocycles. The van der Waals surface area contributed by atoms with E-state index >= 15 is 0 Å². The fourth-order valence-corrected chi connectivity index (χ4v) is 6.65. The highest BCUT2D eigenvalue weighted by molar-refractivity contribution is 7.88. The smallest absolute Gasteiger partial charge is 0.209 e. The van der Waals surface area contributed by atoms with Gasteiger partial charge in [-0.1, -0.05) is 67.1 Å². The molecule has 0 radical (unpaired) electrons. The van der Waals surface area contributed by atoms with Crippen molar-refractivity contribution in [2.24, 2.45) is 11.1 Å². The van der Waals surface area contributed by atoms with Crippen LogP contribution in [0.5, 0.6) is 0 Å². The molecule has 2 aromatic rings. The molecule has 1 saturated carbocycles. The van der Waals surface area contributed by atoms with Crippen LogP contribution in [-0.4, -0.2) is 25.7 Å². The van der Waals surface area contributed by atoms with E-state index in [0.717, 1.165) is 47.5 Å². The van der Waals surface area contributed by atoms with Crippen LogP contribution in [0, 0.1) is 5.41 Å². The van der Waals surface area contributed by atoms with Crippen molar-refractivity contribution in [2.45, 2.75) is 51.1 Å². The first kappa shape index (κ1) is 23.4. The van der Waals surface area contributed by atoms with Gasteiger partial charge >= 0.3 is 0 Å². The number of aromatic nitrogens is 1. The predicted molar refractivity (Wildman–Crippen MR) is 142 cm³/mol. The molecule has 2 unspecified atom stereocenters. The summed E-state index contributed by atoms with van der Waals surface area (Å²) in [6, 6.07) is 8.22. The molecular formula is C27H31N3O2S2. The Balaban J connectivity index is 1.46. The summed E-state index contributed by atoms with van der Waals surface area (Å²) in [7, 11) is -3.22. The van der Waals surface area contributed by atoms with E-state index in [4.69, 9.17) is 10.7 Å². The van der Waals surface area contributed by atoms with E-state index in [0.29, 0.717) is 0 Å². The molecule has 178 valence electrons. The molecule has 34 heavy (non-hydrogen) atoms. The summed E-state index contributed by atoms with van der Waals surface area (Å²) >= 11 is 1.74. The number of hydrogen-bond acceptors (Lipinski definition) is 5. The zero-order valence-corrected chi connectivity index (χ0v) is 21.1. The number of nitrogens with zero attached hydrogens (tertiary/aromatic N) is 1. The average molecular weight is 494 g/mol. The van der Waals surface area contributed by atoms with Gasteiger partial charge in [0.2, 0.25) is 10.0 Å². The minimum Gasteiger partial charge on any atom is -0.327 e. The second kappa shape index (κ2) is 9.38. The standard InChI is InChI=1S/C27H31N3O2S2/c1-34(31,32)29-18-19-9-11-22(12-10-19)26-30-24(25(33-26)21-6-3-2-4-7-21)20-13-16-27(17-14-20)15-5-8-23(27)28/h2-3,6,9-14,16,23,29H,4-5,7-8,15,17-18,28H2,1H3. The van der Waals surface area contributed by atoms with Crippen LogP contribution in [0.3, 0.4) is 0 Å². The van der Waals surface area contributed by atoms with E-state index in [1.54, 1.807) is 11.3 Å². The molecule has 5 nitrogen and oxygen atoms in total. The van der Waals surface area contributed by atoms with Gasteiger partial charge in [0.25, 0.3) is 0 Å². The molecule has 2 atom stereocenters. The number of nitrogens with one attached hydrogen (secondary N) is 1. The van der Waals surface area contributed by atoms with E-state index in [9.17, 15) is 8.42 Å². The molecule has 0 aliphatic heterocycles. The lowest BCUT2D eigenvalue weighted by Gasteiger charge is -2.32. The summed E-state index contributed by atoms with van der Waals surface area (Å²) < 4.78 is 25.3. The van der Waals surface area contributed by atoms with E-state index in [-0.39, 0.29) is 18.0 Å². The number of sulfonamides is 1. The highest BCUT2D eigenvalue weighted by atomic mass is 32.2. The van der Waals surface area contributed by atoms with Gasteiger partial charge in [0, 0.05) is 23.6 Å². The average Bonchev–Trinajstić information content (AvgIpc) is 3.43. The quantitative estimate of drug-likeness (QED) is 0.562. The Bertz CT molecular complexity index is 1300. The molecule has 3 N–H and O–H groups in total. The molecule has 3 aliphatic rings. The van der Waals surface area contributed by atoms with E-state index < -0.39 is 10.0 Å². The Labute approximate surface area is 206 Å². The largest absolute Gasteiger partial charge is 0.327 e. The van der Waals surface area contributed by atoms with Crippen LogP contribution in [0.1, 0.15) is 54.7 Å². The number of hydrogen-bond donors (Lipinski definition) is 2. The molecule has 7 heteroatoms. The summed E-state index contributed by atoms with van der Waals surface area (Å²) in [5.74, 6) is 0. The molecule has 1 fully saturated rings. The van der Waals surface area contributed by atoms with Crippen LogP contribution in [0.2, 0.25) is 0 Å². The molecule has 0 saturated heterocycles. The highest BCUT2D eigenvalue weighted by Crippen LogP contribution is 2.47. The summed E-state index contributed by atoms with van der Waals surface area (Å²) in [5, 5.41) is 0.982. The zero-order chi connectivity index (χ0) is 23.8. The van der Waals surface area contributed by atoms with Crippen molar-refractivity contribution in [2.75, 3.05) is 6.26 Å². The number of thiazole rings is 1. The normalized spacial score (nSPS) is 24.5. The molecule has 3 aliphatic carbocycles. The molecule has 1 aromatic carbocycles. The number of allylic oxidation sites excluding steroid dienone is 7. The second-order valence-corrected chi connectivity index (χ2v) is 12.4. The number of benzene rings is 1. The number of rotatable bonds is 6. The first-order valence-electron chi connectivity index (χ1n) is 11.9. The van der Waals surface area contributed by atoms with Gasteiger partial charge < -0.3 is 5.73 Å². The molecule has 1 heterocycles. The molecular weight excluding hydrogens is 462 g/mol. The van der Waals surface area contributed by atoms with Crippen molar-refractivity contribution in [3.8, 4) is 10.6 Å².